The molecule has 0 aliphatic heterocycles. The minimum atomic E-state index is -0.333. The summed E-state index contributed by atoms with van der Waals surface area (Å²) in [7, 11) is 0. The Bertz CT molecular complexity index is 469. The number of hydrogen-bond acceptors (Lipinski definition) is 3. The van der Waals surface area contributed by atoms with Gasteiger partial charge in [-0.1, -0.05) is 17.7 Å². The number of nitrogens with zero attached hydrogens (tertiary/aromatic N) is 1. The fraction of sp³-hybridized carbons (Fsp3) is 0.533. The fourth-order valence-electron chi connectivity index (χ4n) is 2.11. The first-order chi connectivity index (χ1) is 9.47. The molecule has 0 radical (unpaired) electrons. The van der Waals surface area contributed by atoms with Crippen molar-refractivity contribution in [2.45, 2.75) is 45.4 Å². The largest absolute Gasteiger partial charge is 0.462 e. The van der Waals surface area contributed by atoms with Gasteiger partial charge >= 0.3 is 5.97 Å². The molecular weight excluding hydrogens is 281 g/mol. The molecule has 0 aromatic heterocycles. The molecule has 1 fully saturated rings. The van der Waals surface area contributed by atoms with Gasteiger partial charge in [0.05, 0.1) is 12.6 Å². The van der Waals surface area contributed by atoms with Crippen molar-refractivity contribution >= 4 is 17.6 Å². The molecule has 1 aliphatic rings. The molecule has 2 rings (SSSR count). The Labute approximate surface area is 123 Å². The summed E-state index contributed by atoms with van der Waals surface area (Å²) in [5.74, 6) is -0.611. The summed E-state index contributed by atoms with van der Waals surface area (Å²) in [5, 5.41) is 0.396. The minimum Gasteiger partial charge on any atom is -0.462 e. The molecule has 5 heteroatoms. The zero-order chi connectivity index (χ0) is 14.7. The van der Waals surface area contributed by atoms with Gasteiger partial charge in [0.15, 0.2) is 0 Å². The van der Waals surface area contributed by atoms with Gasteiger partial charge in [0.25, 0.3) is 0 Å². The van der Waals surface area contributed by atoms with Gasteiger partial charge in [-0.05, 0) is 38.8 Å². The second-order valence-corrected chi connectivity index (χ2v) is 5.78. The van der Waals surface area contributed by atoms with Crippen LogP contribution in [0.1, 0.15) is 32.3 Å². The van der Waals surface area contributed by atoms with E-state index in [0.717, 1.165) is 12.8 Å². The third kappa shape index (κ3) is 4.18. The molecule has 20 heavy (non-hydrogen) atoms. The Morgan fingerprint density at radius 2 is 2.20 bits per heavy atom. The van der Waals surface area contributed by atoms with Gasteiger partial charge in [-0.3, -0.25) is 9.69 Å². The van der Waals surface area contributed by atoms with Crippen LogP contribution in [-0.4, -0.2) is 29.6 Å². The second kappa shape index (κ2) is 6.55. The van der Waals surface area contributed by atoms with E-state index in [4.69, 9.17) is 16.3 Å². The van der Waals surface area contributed by atoms with E-state index in [9.17, 15) is 9.18 Å². The van der Waals surface area contributed by atoms with E-state index in [2.05, 4.69) is 0 Å². The second-order valence-electron chi connectivity index (χ2n) is 5.37. The van der Waals surface area contributed by atoms with Crippen LogP contribution >= 0.6 is 11.6 Å². The van der Waals surface area contributed by atoms with Crippen molar-refractivity contribution in [2.24, 2.45) is 0 Å². The van der Waals surface area contributed by atoms with Gasteiger partial charge in [-0.25, -0.2) is 4.39 Å². The van der Waals surface area contributed by atoms with Crippen LogP contribution in [0.25, 0.3) is 0 Å². The first-order valence-corrected chi connectivity index (χ1v) is 7.21. The van der Waals surface area contributed by atoms with Crippen LogP contribution in [-0.2, 0) is 16.1 Å². The average molecular weight is 300 g/mol. The number of ether oxygens (including phenoxy) is 1. The topological polar surface area (TPSA) is 29.5 Å². The number of carbonyl (C=O) groups is 1. The van der Waals surface area contributed by atoms with Gasteiger partial charge in [0.1, 0.15) is 5.82 Å². The highest BCUT2D eigenvalue weighted by Gasteiger charge is 2.31. The van der Waals surface area contributed by atoms with E-state index >= 15 is 0 Å². The van der Waals surface area contributed by atoms with Crippen LogP contribution in [0.15, 0.2) is 18.2 Å². The first-order valence-electron chi connectivity index (χ1n) is 6.83. The van der Waals surface area contributed by atoms with Crippen molar-refractivity contribution in [3.8, 4) is 0 Å². The maximum absolute atomic E-state index is 13.8. The zero-order valence-electron chi connectivity index (χ0n) is 11.7. The van der Waals surface area contributed by atoms with E-state index in [1.165, 1.54) is 6.07 Å². The van der Waals surface area contributed by atoms with E-state index in [1.807, 2.05) is 18.7 Å². The Kier molecular flexibility index (Phi) is 5.00. The molecule has 0 atom stereocenters. The molecule has 0 bridgehead atoms. The average Bonchev–Trinajstić information content (AvgIpc) is 3.15. The summed E-state index contributed by atoms with van der Waals surface area (Å²) >= 11 is 6.04. The Morgan fingerprint density at radius 1 is 1.50 bits per heavy atom. The molecule has 1 aromatic carbocycles. The minimum absolute atomic E-state index is 0.138. The standard InChI is InChI=1S/C15H19ClFNO2/c1-10(2)20-15(19)9-18(11-6-7-11)8-12-13(16)4-3-5-14(12)17/h3-5,10-11H,6-9H2,1-2H3. The summed E-state index contributed by atoms with van der Waals surface area (Å²) < 4.78 is 19.0. The Balaban J connectivity index is 2.04. The number of rotatable bonds is 6. The van der Waals surface area contributed by atoms with Crippen molar-refractivity contribution in [3.63, 3.8) is 0 Å². The van der Waals surface area contributed by atoms with Crippen LogP contribution in [0.4, 0.5) is 4.39 Å². The fourth-order valence-corrected chi connectivity index (χ4v) is 2.33. The van der Waals surface area contributed by atoms with Crippen LogP contribution in [0.3, 0.4) is 0 Å². The summed E-state index contributed by atoms with van der Waals surface area (Å²) in [5.41, 5.74) is 0.443. The van der Waals surface area contributed by atoms with Gasteiger partial charge in [-0.2, -0.15) is 0 Å². The molecule has 0 N–H and O–H groups in total. The summed E-state index contributed by atoms with van der Waals surface area (Å²) in [6, 6.07) is 4.96. The molecule has 0 unspecified atom stereocenters. The predicted molar refractivity (Wildman–Crippen MR) is 76.1 cm³/mol. The van der Waals surface area contributed by atoms with Gasteiger partial charge in [-0.15, -0.1) is 0 Å². The third-order valence-electron chi connectivity index (χ3n) is 3.19. The first kappa shape index (κ1) is 15.3. The van der Waals surface area contributed by atoms with Crippen molar-refractivity contribution in [1.82, 2.24) is 4.90 Å². The van der Waals surface area contributed by atoms with E-state index in [1.54, 1.807) is 12.1 Å². The van der Waals surface area contributed by atoms with Gasteiger partial charge in [0.2, 0.25) is 0 Å². The normalized spacial score (nSPS) is 14.9. The summed E-state index contributed by atoms with van der Waals surface area (Å²) in [6.45, 7) is 4.14. The highest BCUT2D eigenvalue weighted by Crippen LogP contribution is 2.30. The Hall–Kier alpha value is -1.13. The molecule has 3 nitrogen and oxygen atoms in total. The monoisotopic (exact) mass is 299 g/mol. The van der Waals surface area contributed by atoms with Crippen LogP contribution in [0, 0.1) is 5.82 Å². The summed E-state index contributed by atoms with van der Waals surface area (Å²) in [4.78, 5) is 13.7. The predicted octanol–water partition coefficient (Wildman–Crippen LogP) is 3.40. The number of carbonyl (C=O) groups excluding carboxylic acids is 1. The lowest BCUT2D eigenvalue weighted by Gasteiger charge is -2.22. The lowest BCUT2D eigenvalue weighted by atomic mass is 10.2. The van der Waals surface area contributed by atoms with Gasteiger partial charge < -0.3 is 4.74 Å². The van der Waals surface area contributed by atoms with Crippen molar-refractivity contribution in [3.05, 3.63) is 34.6 Å². The SMILES string of the molecule is CC(C)OC(=O)CN(Cc1c(F)cccc1Cl)C1CC1. The number of benzene rings is 1. The third-order valence-corrected chi connectivity index (χ3v) is 3.54. The number of halogens is 2. The highest BCUT2D eigenvalue weighted by atomic mass is 35.5. The summed E-state index contributed by atoms with van der Waals surface area (Å²) in [6.07, 6.45) is 1.92. The number of hydrogen-bond donors (Lipinski definition) is 0. The van der Waals surface area contributed by atoms with E-state index < -0.39 is 0 Å². The lowest BCUT2D eigenvalue weighted by molar-refractivity contribution is -0.149. The van der Waals surface area contributed by atoms with Gasteiger partial charge in [0, 0.05) is 23.2 Å². The van der Waals surface area contributed by atoms with Crippen LogP contribution in [0.2, 0.25) is 5.02 Å². The highest BCUT2D eigenvalue weighted by molar-refractivity contribution is 6.31. The Morgan fingerprint density at radius 3 is 2.75 bits per heavy atom. The molecule has 1 saturated carbocycles. The molecule has 0 saturated heterocycles. The number of esters is 1. The molecule has 0 amide bonds. The molecule has 1 aromatic rings. The maximum atomic E-state index is 13.8. The molecule has 0 spiro atoms. The van der Waals surface area contributed by atoms with Crippen LogP contribution in [0.5, 0.6) is 0 Å². The molecule has 0 heterocycles. The smallest absolute Gasteiger partial charge is 0.320 e. The molecule has 110 valence electrons. The lowest BCUT2D eigenvalue weighted by Crippen LogP contribution is -2.33. The van der Waals surface area contributed by atoms with Crippen molar-refractivity contribution < 1.29 is 13.9 Å². The van der Waals surface area contributed by atoms with Crippen LogP contribution < -0.4 is 0 Å². The quantitative estimate of drug-likeness (QED) is 0.754. The molecule has 1 aliphatic carbocycles. The zero-order valence-corrected chi connectivity index (χ0v) is 12.5. The maximum Gasteiger partial charge on any atom is 0.320 e. The van der Waals surface area contributed by atoms with Crippen molar-refractivity contribution in [2.75, 3.05) is 6.54 Å². The van der Waals surface area contributed by atoms with E-state index in [-0.39, 0.29) is 24.4 Å². The van der Waals surface area contributed by atoms with E-state index in [0.29, 0.717) is 23.2 Å². The molecular formula is C15H19ClFNO2. The van der Waals surface area contributed by atoms with Crippen molar-refractivity contribution in [1.29, 1.82) is 0 Å².